The Hall–Kier alpha value is -3.43. The number of benzene rings is 2. The zero-order valence-corrected chi connectivity index (χ0v) is 16.3. The van der Waals surface area contributed by atoms with Gasteiger partial charge in [0.25, 0.3) is 5.69 Å². The van der Waals surface area contributed by atoms with Crippen molar-refractivity contribution < 1.29 is 23.9 Å². The van der Waals surface area contributed by atoms with E-state index in [0.717, 1.165) is 5.75 Å². The minimum atomic E-state index is -1.18. The second-order valence-corrected chi connectivity index (χ2v) is 6.83. The normalized spacial score (nSPS) is 20.8. The maximum Gasteiger partial charge on any atom is 0.269 e. The van der Waals surface area contributed by atoms with Crippen LogP contribution in [0.5, 0.6) is 11.5 Å². The summed E-state index contributed by atoms with van der Waals surface area (Å²) in [7, 11) is 1.60. The van der Waals surface area contributed by atoms with Crippen molar-refractivity contribution in [3.63, 3.8) is 0 Å². The van der Waals surface area contributed by atoms with Gasteiger partial charge in [0.15, 0.2) is 0 Å². The lowest BCUT2D eigenvalue weighted by molar-refractivity contribution is -0.385. The van der Waals surface area contributed by atoms with E-state index in [9.17, 15) is 10.1 Å². The fourth-order valence-electron chi connectivity index (χ4n) is 3.31. The van der Waals surface area contributed by atoms with E-state index in [2.05, 4.69) is 4.98 Å². The van der Waals surface area contributed by atoms with E-state index in [1.807, 2.05) is 28.8 Å². The van der Waals surface area contributed by atoms with Crippen molar-refractivity contribution in [3.8, 4) is 11.5 Å². The van der Waals surface area contributed by atoms with Gasteiger partial charge in [-0.05, 0) is 24.3 Å². The highest BCUT2D eigenvalue weighted by atomic mass is 16.8. The number of non-ortho nitro benzene ring substituents is 1. The molecule has 1 aromatic heterocycles. The van der Waals surface area contributed by atoms with E-state index in [1.54, 1.807) is 38.0 Å². The van der Waals surface area contributed by atoms with Gasteiger partial charge in [-0.15, -0.1) is 0 Å². The summed E-state index contributed by atoms with van der Waals surface area (Å²) in [6.07, 6.45) is 4.73. The molecule has 0 spiro atoms. The Kier molecular flexibility index (Phi) is 5.64. The summed E-state index contributed by atoms with van der Waals surface area (Å²) in [6.45, 7) is 0.855. The number of methoxy groups -OCH3 is 1. The van der Waals surface area contributed by atoms with Crippen molar-refractivity contribution in [2.75, 3.05) is 20.3 Å². The molecule has 9 heteroatoms. The SMILES string of the molecule is COc1ccc(OCC2COC(Cn3ccnc3)(c3cccc([N+](=O)[O-])c3)O2)cc1. The lowest BCUT2D eigenvalue weighted by atomic mass is 10.0. The highest BCUT2D eigenvalue weighted by Crippen LogP contribution is 2.37. The summed E-state index contributed by atoms with van der Waals surface area (Å²) < 4.78 is 25.1. The molecule has 0 saturated carbocycles. The maximum atomic E-state index is 11.2. The van der Waals surface area contributed by atoms with Crippen molar-refractivity contribution in [3.05, 3.63) is 82.9 Å². The molecule has 2 aromatic carbocycles. The third-order valence-corrected chi connectivity index (χ3v) is 4.80. The summed E-state index contributed by atoms with van der Waals surface area (Å²) in [6, 6.07) is 13.5. The van der Waals surface area contributed by atoms with E-state index in [1.165, 1.54) is 12.1 Å². The monoisotopic (exact) mass is 411 g/mol. The van der Waals surface area contributed by atoms with Crippen molar-refractivity contribution in [2.45, 2.75) is 18.4 Å². The van der Waals surface area contributed by atoms with Gasteiger partial charge in [-0.3, -0.25) is 10.1 Å². The Bertz CT molecular complexity index is 992. The molecule has 1 aliphatic heterocycles. The van der Waals surface area contributed by atoms with Crippen molar-refractivity contribution in [1.29, 1.82) is 0 Å². The first-order chi connectivity index (χ1) is 14.6. The number of ether oxygens (including phenoxy) is 4. The first-order valence-electron chi connectivity index (χ1n) is 9.37. The number of aromatic nitrogens is 2. The van der Waals surface area contributed by atoms with Gasteiger partial charge >= 0.3 is 0 Å². The Morgan fingerprint density at radius 3 is 2.77 bits per heavy atom. The third-order valence-electron chi connectivity index (χ3n) is 4.80. The van der Waals surface area contributed by atoms with E-state index in [-0.39, 0.29) is 25.0 Å². The predicted molar refractivity (Wildman–Crippen MR) is 106 cm³/mol. The van der Waals surface area contributed by atoms with Gasteiger partial charge in [-0.25, -0.2) is 4.98 Å². The molecule has 1 fully saturated rings. The van der Waals surface area contributed by atoms with Crippen LogP contribution in [0.25, 0.3) is 0 Å². The molecule has 0 N–H and O–H groups in total. The first kappa shape index (κ1) is 19.9. The molecule has 2 unspecified atom stereocenters. The molecule has 0 bridgehead atoms. The van der Waals surface area contributed by atoms with Gasteiger partial charge in [0.05, 0.1) is 31.5 Å². The number of imidazole rings is 1. The van der Waals surface area contributed by atoms with Crippen molar-refractivity contribution in [1.82, 2.24) is 9.55 Å². The highest BCUT2D eigenvalue weighted by molar-refractivity contribution is 5.37. The van der Waals surface area contributed by atoms with Gasteiger partial charge in [-0.1, -0.05) is 12.1 Å². The summed E-state index contributed by atoms with van der Waals surface area (Å²) in [5.41, 5.74) is 0.542. The molecular formula is C21H21N3O6. The van der Waals surface area contributed by atoms with E-state index < -0.39 is 10.7 Å². The van der Waals surface area contributed by atoms with E-state index in [4.69, 9.17) is 18.9 Å². The first-order valence-corrected chi connectivity index (χ1v) is 9.37. The van der Waals surface area contributed by atoms with Gasteiger partial charge in [0.2, 0.25) is 5.79 Å². The quantitative estimate of drug-likeness (QED) is 0.415. The van der Waals surface area contributed by atoms with Gasteiger partial charge < -0.3 is 23.5 Å². The topological polar surface area (TPSA) is 97.9 Å². The molecule has 0 amide bonds. The second kappa shape index (κ2) is 8.52. The van der Waals surface area contributed by atoms with Crippen LogP contribution >= 0.6 is 0 Å². The average Bonchev–Trinajstić information content (AvgIpc) is 3.43. The molecule has 2 atom stereocenters. The molecule has 4 rings (SSSR count). The van der Waals surface area contributed by atoms with Crippen LogP contribution in [0, 0.1) is 10.1 Å². The zero-order chi connectivity index (χ0) is 21.0. The number of rotatable bonds is 8. The van der Waals surface area contributed by atoms with Gasteiger partial charge in [-0.2, -0.15) is 0 Å². The predicted octanol–water partition coefficient (Wildman–Crippen LogP) is 3.15. The van der Waals surface area contributed by atoms with Crippen molar-refractivity contribution >= 4 is 5.69 Å². The summed E-state index contributed by atoms with van der Waals surface area (Å²) in [4.78, 5) is 14.9. The second-order valence-electron chi connectivity index (χ2n) is 6.83. The Morgan fingerprint density at radius 2 is 2.07 bits per heavy atom. The lowest BCUT2D eigenvalue weighted by Gasteiger charge is -2.29. The van der Waals surface area contributed by atoms with Gasteiger partial charge in [0, 0.05) is 30.1 Å². The fraction of sp³-hybridized carbons (Fsp3) is 0.286. The van der Waals surface area contributed by atoms with Crippen molar-refractivity contribution in [2.24, 2.45) is 0 Å². The van der Waals surface area contributed by atoms with Crippen LogP contribution < -0.4 is 9.47 Å². The molecule has 1 aliphatic rings. The molecule has 156 valence electrons. The van der Waals surface area contributed by atoms with E-state index >= 15 is 0 Å². The zero-order valence-electron chi connectivity index (χ0n) is 16.3. The molecule has 2 heterocycles. The van der Waals surface area contributed by atoms with Crippen LogP contribution in [0.2, 0.25) is 0 Å². The maximum absolute atomic E-state index is 11.2. The number of nitro benzene ring substituents is 1. The Morgan fingerprint density at radius 1 is 1.27 bits per heavy atom. The van der Waals surface area contributed by atoms with Crippen LogP contribution in [0.1, 0.15) is 5.56 Å². The summed E-state index contributed by atoms with van der Waals surface area (Å²) >= 11 is 0. The molecule has 3 aromatic rings. The molecule has 9 nitrogen and oxygen atoms in total. The van der Waals surface area contributed by atoms with Crippen LogP contribution in [-0.4, -0.2) is 40.9 Å². The average molecular weight is 411 g/mol. The summed E-state index contributed by atoms with van der Waals surface area (Å²) in [5.74, 6) is 0.246. The van der Waals surface area contributed by atoms with Crippen LogP contribution in [0.15, 0.2) is 67.3 Å². The molecular weight excluding hydrogens is 390 g/mol. The number of hydrogen-bond donors (Lipinski definition) is 0. The number of nitrogens with zero attached hydrogens (tertiary/aromatic N) is 3. The third kappa shape index (κ3) is 4.27. The molecule has 0 aliphatic carbocycles. The molecule has 0 radical (unpaired) electrons. The highest BCUT2D eigenvalue weighted by Gasteiger charge is 2.44. The number of hydrogen-bond acceptors (Lipinski definition) is 7. The van der Waals surface area contributed by atoms with Crippen LogP contribution in [0.3, 0.4) is 0 Å². The fourth-order valence-corrected chi connectivity index (χ4v) is 3.31. The molecule has 1 saturated heterocycles. The van der Waals surface area contributed by atoms with Gasteiger partial charge in [0.1, 0.15) is 24.2 Å². The van der Waals surface area contributed by atoms with Crippen LogP contribution in [0.4, 0.5) is 5.69 Å². The standard InChI is InChI=1S/C21H21N3O6/c1-27-18-5-7-19(8-6-18)28-12-20-13-29-21(30-20,14-23-10-9-22-15-23)16-3-2-4-17(11-16)24(25)26/h2-11,15,20H,12-14H2,1H3. The Labute approximate surface area is 172 Å². The smallest absolute Gasteiger partial charge is 0.269 e. The summed E-state index contributed by atoms with van der Waals surface area (Å²) in [5, 5.41) is 11.2. The lowest BCUT2D eigenvalue weighted by Crippen LogP contribution is -2.34. The van der Waals surface area contributed by atoms with E-state index in [0.29, 0.717) is 17.9 Å². The minimum Gasteiger partial charge on any atom is -0.497 e. The molecule has 30 heavy (non-hydrogen) atoms. The number of nitro groups is 1. The van der Waals surface area contributed by atoms with Crippen LogP contribution in [-0.2, 0) is 21.8 Å². The minimum absolute atomic E-state index is 0.0253. The Balaban J connectivity index is 1.52. The largest absolute Gasteiger partial charge is 0.497 e.